The fraction of sp³-hybridized carbons (Fsp3) is 0.158. The van der Waals surface area contributed by atoms with Crippen molar-refractivity contribution < 1.29 is 50.3 Å². The summed E-state index contributed by atoms with van der Waals surface area (Å²) in [6.45, 7) is 0. The minimum atomic E-state index is -5.99. The van der Waals surface area contributed by atoms with Gasteiger partial charge in [0.25, 0.3) is 0 Å². The number of halogens is 6. The molecule has 0 saturated heterocycles. The normalized spacial score (nSPS) is 14.3. The van der Waals surface area contributed by atoms with E-state index in [1.807, 2.05) is 0 Å². The predicted molar refractivity (Wildman–Crippen MR) is 86.3 cm³/mol. The molecule has 0 atom stereocenters. The van der Waals surface area contributed by atoms with Gasteiger partial charge in [0, 0.05) is 11.1 Å². The molecule has 2 aromatic rings. The first-order chi connectivity index (χ1) is 13.9. The van der Waals surface area contributed by atoms with E-state index < -0.39 is 63.1 Å². The lowest BCUT2D eigenvalue weighted by molar-refractivity contribution is -0.288. The van der Waals surface area contributed by atoms with Crippen LogP contribution in [0, 0.1) is 0 Å². The monoisotopic (exact) mass is 430 g/mol. The van der Waals surface area contributed by atoms with Crippen LogP contribution in [0.15, 0.2) is 36.4 Å². The highest BCUT2D eigenvalue weighted by Crippen LogP contribution is 2.56. The summed E-state index contributed by atoms with van der Waals surface area (Å²) in [7, 11) is 0. The molecule has 0 N–H and O–H groups in total. The van der Waals surface area contributed by atoms with Crippen molar-refractivity contribution in [2.24, 2.45) is 0 Å². The van der Waals surface area contributed by atoms with Crippen molar-refractivity contribution in [3.05, 3.63) is 69.8 Å². The molecule has 3 rings (SSSR count). The van der Waals surface area contributed by atoms with E-state index in [1.165, 1.54) is 0 Å². The molecule has 2 aromatic carbocycles. The van der Waals surface area contributed by atoms with Crippen LogP contribution in [0.3, 0.4) is 0 Å². The number of alkyl halides is 6. The van der Waals surface area contributed by atoms with Crippen molar-refractivity contribution in [1.82, 2.24) is 0 Å². The van der Waals surface area contributed by atoms with Gasteiger partial charge in [-0.1, -0.05) is 18.2 Å². The van der Waals surface area contributed by atoms with Gasteiger partial charge in [-0.3, -0.25) is 9.59 Å². The molecule has 0 aliphatic carbocycles. The van der Waals surface area contributed by atoms with Crippen molar-refractivity contribution in [3.63, 3.8) is 0 Å². The van der Waals surface area contributed by atoms with Crippen molar-refractivity contribution in [2.45, 2.75) is 17.8 Å². The zero-order chi connectivity index (χ0) is 22.5. The van der Waals surface area contributed by atoms with Gasteiger partial charge in [-0.2, -0.15) is 26.3 Å². The molecule has 0 spiro atoms. The summed E-state index contributed by atoms with van der Waals surface area (Å²) >= 11 is 0. The molecule has 5 nitrogen and oxygen atoms in total. The van der Waals surface area contributed by atoms with E-state index >= 15 is 0 Å². The molecule has 11 heteroatoms. The summed E-state index contributed by atoms with van der Waals surface area (Å²) < 4.78 is 89.0. The molecule has 0 fully saturated rings. The van der Waals surface area contributed by atoms with Crippen LogP contribution in [0.25, 0.3) is 0 Å². The van der Waals surface area contributed by atoms with Crippen LogP contribution >= 0.6 is 0 Å². The van der Waals surface area contributed by atoms with E-state index in [1.54, 1.807) is 0 Å². The summed E-state index contributed by atoms with van der Waals surface area (Å²) in [5, 5.41) is 0. The molecule has 1 heterocycles. The lowest BCUT2D eigenvalue weighted by Crippen LogP contribution is -2.55. The molecule has 1 aliphatic heterocycles. The van der Waals surface area contributed by atoms with Gasteiger partial charge in [0.05, 0.1) is 11.1 Å². The van der Waals surface area contributed by atoms with Crippen LogP contribution in [0.1, 0.15) is 52.6 Å². The molecular weight excluding hydrogens is 422 g/mol. The fourth-order valence-corrected chi connectivity index (χ4v) is 3.32. The topological polar surface area (TPSA) is 77.5 Å². The highest BCUT2D eigenvalue weighted by molar-refractivity contribution is 6.14. The first-order valence-electron chi connectivity index (χ1n) is 7.98. The van der Waals surface area contributed by atoms with Crippen LogP contribution in [0.2, 0.25) is 0 Å². The molecule has 0 saturated carbocycles. The van der Waals surface area contributed by atoms with Crippen LogP contribution in [0.4, 0.5) is 26.3 Å². The average Bonchev–Trinajstić information content (AvgIpc) is 2.93. The largest absolute Gasteiger partial charge is 0.411 e. The second kappa shape index (κ2) is 6.78. The minimum absolute atomic E-state index is 0.0521. The average molecular weight is 430 g/mol. The second-order valence-electron chi connectivity index (χ2n) is 6.26. The Bertz CT molecular complexity index is 1070. The SMILES string of the molecule is O=Cc1ccc(C(c2ccc3c(c2)C(=O)OC3=O)(C(F)(F)F)C(F)(F)F)cc1C=O. The number of benzene rings is 2. The van der Waals surface area contributed by atoms with Gasteiger partial charge in [-0.15, -0.1) is 0 Å². The number of carbonyl (C=O) groups is 4. The van der Waals surface area contributed by atoms with E-state index in [0.717, 1.165) is 0 Å². The van der Waals surface area contributed by atoms with Crippen LogP contribution in [-0.2, 0) is 10.2 Å². The smallest absolute Gasteiger partial charge is 0.386 e. The molecule has 0 radical (unpaired) electrons. The molecule has 156 valence electrons. The third-order valence-electron chi connectivity index (χ3n) is 4.70. The van der Waals surface area contributed by atoms with Gasteiger partial charge in [0.1, 0.15) is 0 Å². The molecule has 0 aromatic heterocycles. The Balaban J connectivity index is 2.43. The van der Waals surface area contributed by atoms with Gasteiger partial charge < -0.3 is 4.74 Å². The lowest BCUT2D eigenvalue weighted by atomic mass is 9.71. The number of ether oxygens (including phenoxy) is 1. The Labute approximate surface area is 163 Å². The molecule has 30 heavy (non-hydrogen) atoms. The number of aldehydes is 2. The fourth-order valence-electron chi connectivity index (χ4n) is 3.32. The molecule has 0 unspecified atom stereocenters. The van der Waals surface area contributed by atoms with Gasteiger partial charge in [-0.05, 0) is 29.3 Å². The summed E-state index contributed by atoms with van der Waals surface area (Å²) in [6.07, 6.45) is -11.9. The summed E-state index contributed by atoms with van der Waals surface area (Å²) in [6, 6.07) is 2.72. The number of hydrogen-bond donors (Lipinski definition) is 0. The van der Waals surface area contributed by atoms with E-state index in [4.69, 9.17) is 0 Å². The Morgan fingerprint density at radius 2 is 1.17 bits per heavy atom. The van der Waals surface area contributed by atoms with E-state index in [2.05, 4.69) is 4.74 Å². The van der Waals surface area contributed by atoms with Crippen LogP contribution in [-0.4, -0.2) is 36.9 Å². The van der Waals surface area contributed by atoms with Gasteiger partial charge in [0.15, 0.2) is 12.6 Å². The first kappa shape index (κ1) is 21.2. The molecule has 0 amide bonds. The third kappa shape index (κ3) is 2.88. The van der Waals surface area contributed by atoms with Crippen molar-refractivity contribution in [1.29, 1.82) is 0 Å². The van der Waals surface area contributed by atoms with Crippen LogP contribution in [0.5, 0.6) is 0 Å². The Hall–Kier alpha value is -3.50. The number of cyclic esters (lactones) is 2. The van der Waals surface area contributed by atoms with Crippen molar-refractivity contribution in [2.75, 3.05) is 0 Å². The third-order valence-corrected chi connectivity index (χ3v) is 4.70. The van der Waals surface area contributed by atoms with Gasteiger partial charge in [0.2, 0.25) is 5.41 Å². The first-order valence-corrected chi connectivity index (χ1v) is 7.98. The summed E-state index contributed by atoms with van der Waals surface area (Å²) in [5.41, 5.74) is -9.80. The summed E-state index contributed by atoms with van der Waals surface area (Å²) in [5.74, 6) is -2.59. The maximum atomic E-state index is 14.1. The number of fused-ring (bicyclic) bond motifs is 1. The van der Waals surface area contributed by atoms with E-state index in [9.17, 15) is 45.5 Å². The second-order valence-corrected chi connectivity index (χ2v) is 6.26. The number of hydrogen-bond acceptors (Lipinski definition) is 5. The van der Waals surface area contributed by atoms with Crippen molar-refractivity contribution in [3.8, 4) is 0 Å². The van der Waals surface area contributed by atoms with Crippen molar-refractivity contribution >= 4 is 24.5 Å². The quantitative estimate of drug-likeness (QED) is 0.317. The molecule has 1 aliphatic rings. The molecule has 0 bridgehead atoms. The van der Waals surface area contributed by atoms with Gasteiger partial charge >= 0.3 is 24.3 Å². The predicted octanol–water partition coefficient (Wildman–Crippen LogP) is 4.03. The number of esters is 2. The zero-order valence-electron chi connectivity index (χ0n) is 14.4. The van der Waals surface area contributed by atoms with E-state index in [-0.39, 0.29) is 18.6 Å². The van der Waals surface area contributed by atoms with Gasteiger partial charge in [-0.25, -0.2) is 9.59 Å². The number of carbonyl (C=O) groups excluding carboxylic acids is 4. The minimum Gasteiger partial charge on any atom is -0.386 e. The highest BCUT2D eigenvalue weighted by Gasteiger charge is 2.72. The summed E-state index contributed by atoms with van der Waals surface area (Å²) in [4.78, 5) is 45.2. The Morgan fingerprint density at radius 1 is 0.667 bits per heavy atom. The Kier molecular flexibility index (Phi) is 4.80. The number of rotatable bonds is 4. The maximum Gasteiger partial charge on any atom is 0.411 e. The Morgan fingerprint density at radius 3 is 1.70 bits per heavy atom. The highest BCUT2D eigenvalue weighted by atomic mass is 19.4. The zero-order valence-corrected chi connectivity index (χ0v) is 14.4. The van der Waals surface area contributed by atoms with E-state index in [0.29, 0.717) is 30.3 Å². The maximum absolute atomic E-state index is 14.1. The van der Waals surface area contributed by atoms with Crippen LogP contribution < -0.4 is 0 Å². The lowest BCUT2D eigenvalue weighted by Gasteiger charge is -2.38. The standard InChI is InChI=1S/C19H8F6O5/c20-18(21,22)17(19(23,24)25,11-2-1-9(7-26)10(5-11)8-27)12-3-4-13-14(6-12)16(29)30-15(13)28/h1-8H. The molecular formula is C19H8F6O5.